The molecule has 1 fully saturated rings. The zero-order valence-electron chi connectivity index (χ0n) is 6.38. The van der Waals surface area contributed by atoms with E-state index in [1.54, 1.807) is 0 Å². The van der Waals surface area contributed by atoms with Crippen LogP contribution in [-0.2, 0) is 4.79 Å². The van der Waals surface area contributed by atoms with Gasteiger partial charge in [-0.05, 0) is 17.9 Å². The molecule has 1 aliphatic heterocycles. The molecule has 0 bridgehead atoms. The minimum absolute atomic E-state index is 0.146. The number of thiol groups is 1. The number of carbonyl (C=O) groups is 1. The van der Waals surface area contributed by atoms with E-state index in [2.05, 4.69) is 17.9 Å². The van der Waals surface area contributed by atoms with E-state index in [0.717, 1.165) is 12.2 Å². The molecule has 1 aliphatic rings. The maximum atomic E-state index is 11.0. The largest absolute Gasteiger partial charge is 0.352 e. The zero-order valence-corrected chi connectivity index (χ0v) is 8.09. The highest BCUT2D eigenvalue weighted by atomic mass is 32.2. The molecule has 1 unspecified atom stereocenters. The van der Waals surface area contributed by atoms with Crippen LogP contribution in [0.4, 0.5) is 0 Å². The van der Waals surface area contributed by atoms with E-state index in [4.69, 9.17) is 0 Å². The Labute approximate surface area is 76.9 Å². The Balaban J connectivity index is 2.13. The third kappa shape index (κ3) is 3.38. The highest BCUT2D eigenvalue weighted by Crippen LogP contribution is 2.16. The van der Waals surface area contributed by atoms with Crippen molar-refractivity contribution in [1.29, 1.82) is 0 Å². The van der Waals surface area contributed by atoms with Gasteiger partial charge in [-0.1, -0.05) is 0 Å². The molecule has 0 aromatic carbocycles. The summed E-state index contributed by atoms with van der Waals surface area (Å²) < 4.78 is 0. The summed E-state index contributed by atoms with van der Waals surface area (Å²) in [7, 11) is 0. The molecule has 2 nitrogen and oxygen atoms in total. The second-order valence-electron chi connectivity index (χ2n) is 2.60. The van der Waals surface area contributed by atoms with Crippen molar-refractivity contribution in [2.24, 2.45) is 0 Å². The van der Waals surface area contributed by atoms with Gasteiger partial charge in [-0.25, -0.2) is 0 Å². The van der Waals surface area contributed by atoms with Gasteiger partial charge in [-0.3, -0.25) is 4.79 Å². The monoisotopic (exact) mass is 191 g/mol. The van der Waals surface area contributed by atoms with Crippen LogP contribution in [-0.4, -0.2) is 29.2 Å². The number of amides is 1. The number of hydrogen-bond donors (Lipinski definition) is 2. The fourth-order valence-electron chi connectivity index (χ4n) is 1.05. The molecule has 0 spiro atoms. The topological polar surface area (TPSA) is 29.1 Å². The maximum absolute atomic E-state index is 11.0. The quantitative estimate of drug-likeness (QED) is 0.650. The highest BCUT2D eigenvalue weighted by molar-refractivity contribution is 7.99. The van der Waals surface area contributed by atoms with E-state index in [0.29, 0.717) is 18.2 Å². The van der Waals surface area contributed by atoms with Crippen LogP contribution in [0.2, 0.25) is 0 Å². The van der Waals surface area contributed by atoms with Crippen LogP contribution in [0.15, 0.2) is 0 Å². The maximum Gasteiger partial charge on any atom is 0.221 e. The van der Waals surface area contributed by atoms with E-state index < -0.39 is 0 Å². The van der Waals surface area contributed by atoms with Gasteiger partial charge >= 0.3 is 0 Å². The van der Waals surface area contributed by atoms with Gasteiger partial charge < -0.3 is 5.32 Å². The van der Waals surface area contributed by atoms with Gasteiger partial charge in [0.25, 0.3) is 0 Å². The normalized spacial score (nSPS) is 23.5. The first-order valence-corrected chi connectivity index (χ1v) is 5.59. The molecule has 0 aromatic heterocycles. The standard InChI is InChI=1S/C7H13NOS2/c9-7(1-3-10)8-6-2-4-11-5-6/h6,10H,1-5H2,(H,8,9). The van der Waals surface area contributed by atoms with Crippen LogP contribution < -0.4 is 5.32 Å². The highest BCUT2D eigenvalue weighted by Gasteiger charge is 2.16. The molecule has 64 valence electrons. The molecular formula is C7H13NOS2. The lowest BCUT2D eigenvalue weighted by Crippen LogP contribution is -2.34. The second-order valence-corrected chi connectivity index (χ2v) is 4.20. The molecule has 1 N–H and O–H groups in total. The van der Waals surface area contributed by atoms with Crippen LogP contribution in [0.3, 0.4) is 0 Å². The number of hydrogen-bond acceptors (Lipinski definition) is 3. The van der Waals surface area contributed by atoms with Gasteiger partial charge in [0.2, 0.25) is 5.91 Å². The Morgan fingerprint density at radius 3 is 3.09 bits per heavy atom. The van der Waals surface area contributed by atoms with E-state index in [1.165, 1.54) is 5.75 Å². The minimum Gasteiger partial charge on any atom is -0.352 e. The van der Waals surface area contributed by atoms with Crippen LogP contribution >= 0.6 is 24.4 Å². The summed E-state index contributed by atoms with van der Waals surface area (Å²) in [5.74, 6) is 3.06. The molecule has 1 saturated heterocycles. The van der Waals surface area contributed by atoms with Crippen LogP contribution in [0.5, 0.6) is 0 Å². The lowest BCUT2D eigenvalue weighted by molar-refractivity contribution is -0.121. The minimum atomic E-state index is 0.146. The molecule has 0 saturated carbocycles. The molecule has 1 atom stereocenters. The van der Waals surface area contributed by atoms with Crippen LogP contribution in [0.1, 0.15) is 12.8 Å². The Morgan fingerprint density at radius 2 is 2.55 bits per heavy atom. The SMILES string of the molecule is O=C(CCS)NC1CCSC1. The van der Waals surface area contributed by atoms with Crippen molar-refractivity contribution < 1.29 is 4.79 Å². The van der Waals surface area contributed by atoms with Gasteiger partial charge in [-0.2, -0.15) is 24.4 Å². The molecule has 0 radical (unpaired) electrons. The van der Waals surface area contributed by atoms with Gasteiger partial charge in [0, 0.05) is 18.2 Å². The summed E-state index contributed by atoms with van der Waals surface area (Å²) >= 11 is 5.90. The van der Waals surface area contributed by atoms with E-state index in [-0.39, 0.29) is 5.91 Å². The third-order valence-electron chi connectivity index (χ3n) is 1.63. The average molecular weight is 191 g/mol. The fraction of sp³-hybridized carbons (Fsp3) is 0.857. The van der Waals surface area contributed by atoms with Crippen molar-refractivity contribution in [2.75, 3.05) is 17.3 Å². The van der Waals surface area contributed by atoms with E-state index in [1.807, 2.05) is 11.8 Å². The average Bonchev–Trinajstić information content (AvgIpc) is 2.40. The van der Waals surface area contributed by atoms with Gasteiger partial charge in [-0.15, -0.1) is 0 Å². The third-order valence-corrected chi connectivity index (χ3v) is 3.02. The fourth-order valence-corrected chi connectivity index (χ4v) is 2.41. The van der Waals surface area contributed by atoms with Crippen molar-refractivity contribution >= 4 is 30.3 Å². The second kappa shape index (κ2) is 4.93. The summed E-state index contributed by atoms with van der Waals surface area (Å²) in [4.78, 5) is 11.0. The molecule has 0 aliphatic carbocycles. The molecule has 1 amide bonds. The van der Waals surface area contributed by atoms with Crippen molar-refractivity contribution in [1.82, 2.24) is 5.32 Å². The van der Waals surface area contributed by atoms with Crippen LogP contribution in [0.25, 0.3) is 0 Å². The Hall–Kier alpha value is 0.170. The van der Waals surface area contributed by atoms with Crippen molar-refractivity contribution in [3.8, 4) is 0 Å². The Kier molecular flexibility index (Phi) is 4.15. The van der Waals surface area contributed by atoms with Crippen LogP contribution in [0, 0.1) is 0 Å². The smallest absolute Gasteiger partial charge is 0.221 e. The van der Waals surface area contributed by atoms with Crippen molar-refractivity contribution in [3.05, 3.63) is 0 Å². The lowest BCUT2D eigenvalue weighted by atomic mass is 10.2. The van der Waals surface area contributed by atoms with E-state index in [9.17, 15) is 4.79 Å². The molecule has 1 rings (SSSR count). The first-order chi connectivity index (χ1) is 5.33. The summed E-state index contributed by atoms with van der Waals surface area (Å²) in [5.41, 5.74) is 0. The summed E-state index contributed by atoms with van der Waals surface area (Å²) in [6.07, 6.45) is 1.67. The molecule has 0 aromatic rings. The van der Waals surface area contributed by atoms with Gasteiger partial charge in [0.1, 0.15) is 0 Å². The van der Waals surface area contributed by atoms with Gasteiger partial charge in [0.05, 0.1) is 0 Å². The molecule has 11 heavy (non-hydrogen) atoms. The predicted molar refractivity (Wildman–Crippen MR) is 52.3 cm³/mol. The number of carbonyl (C=O) groups excluding carboxylic acids is 1. The first kappa shape index (κ1) is 9.26. The summed E-state index contributed by atoms with van der Waals surface area (Å²) in [6, 6.07) is 0.424. The Morgan fingerprint density at radius 1 is 1.73 bits per heavy atom. The van der Waals surface area contributed by atoms with Crippen molar-refractivity contribution in [3.63, 3.8) is 0 Å². The van der Waals surface area contributed by atoms with E-state index >= 15 is 0 Å². The number of thioether (sulfide) groups is 1. The predicted octanol–water partition coefficient (Wildman–Crippen LogP) is 0.928. The van der Waals surface area contributed by atoms with Gasteiger partial charge in [0.15, 0.2) is 0 Å². The van der Waals surface area contributed by atoms with Crippen molar-refractivity contribution in [2.45, 2.75) is 18.9 Å². The zero-order chi connectivity index (χ0) is 8.10. The Bertz CT molecular complexity index is 134. The lowest BCUT2D eigenvalue weighted by Gasteiger charge is -2.09. The summed E-state index contributed by atoms with van der Waals surface area (Å²) in [6.45, 7) is 0. The summed E-state index contributed by atoms with van der Waals surface area (Å²) in [5, 5.41) is 2.97. The molecular weight excluding hydrogens is 178 g/mol. The number of nitrogens with one attached hydrogen (secondary N) is 1. The molecule has 1 heterocycles. The molecule has 4 heteroatoms. The first-order valence-electron chi connectivity index (χ1n) is 3.81. The number of rotatable bonds is 3.